The number of H-pyrrole nitrogens is 1. The number of nitrogens with one attached hydrogen (secondary N) is 1. The molecule has 0 aromatic carbocycles. The van der Waals surface area contributed by atoms with Crippen LogP contribution >= 0.6 is 0 Å². The van der Waals surface area contributed by atoms with Gasteiger partial charge in [0.1, 0.15) is 17.8 Å². The molecule has 1 unspecified atom stereocenters. The van der Waals surface area contributed by atoms with Crippen LogP contribution in [0.2, 0.25) is 0 Å². The van der Waals surface area contributed by atoms with E-state index in [4.69, 9.17) is 19.9 Å². The third-order valence-electron chi connectivity index (χ3n) is 5.13. The number of nitrogen functional groups attached to an aromatic ring is 1. The van der Waals surface area contributed by atoms with Crippen molar-refractivity contribution >= 4 is 17.1 Å². The Morgan fingerprint density at radius 1 is 1.62 bits per heavy atom. The van der Waals surface area contributed by atoms with Crippen molar-refractivity contribution in [2.45, 2.75) is 56.8 Å². The number of hydrogen-bond donors (Lipinski definition) is 3. The number of nitrogens with zero attached hydrogens (tertiary/aromatic N) is 3. The monoisotopic (exact) mass is 365 g/mol. The molecular formula is C16H23N5O5. The molecule has 2 aliphatic rings. The lowest BCUT2D eigenvalue weighted by Crippen LogP contribution is -2.50. The van der Waals surface area contributed by atoms with Gasteiger partial charge in [0.25, 0.3) is 5.56 Å². The molecule has 26 heavy (non-hydrogen) atoms. The molecule has 0 aliphatic carbocycles. The molecule has 2 aromatic heterocycles. The Morgan fingerprint density at radius 3 is 3.15 bits per heavy atom. The number of imidazole rings is 1. The molecule has 0 spiro atoms. The van der Waals surface area contributed by atoms with Gasteiger partial charge in [0, 0.05) is 6.61 Å². The van der Waals surface area contributed by atoms with Crippen LogP contribution < -0.4 is 11.3 Å². The zero-order valence-electron chi connectivity index (χ0n) is 14.7. The van der Waals surface area contributed by atoms with Gasteiger partial charge in [-0.3, -0.25) is 14.3 Å². The maximum absolute atomic E-state index is 12.0. The van der Waals surface area contributed by atoms with E-state index in [-0.39, 0.29) is 18.1 Å². The van der Waals surface area contributed by atoms with Crippen LogP contribution in [-0.4, -0.2) is 61.8 Å². The van der Waals surface area contributed by atoms with E-state index in [1.54, 1.807) is 11.5 Å². The van der Waals surface area contributed by atoms with Gasteiger partial charge in [-0.25, -0.2) is 4.98 Å². The van der Waals surface area contributed by atoms with Crippen LogP contribution in [0.4, 0.5) is 5.95 Å². The highest BCUT2D eigenvalue weighted by molar-refractivity contribution is 5.70. The summed E-state index contributed by atoms with van der Waals surface area (Å²) in [6.07, 6.45) is 1.11. The molecule has 2 aliphatic heterocycles. The molecule has 10 heteroatoms. The Kier molecular flexibility index (Phi) is 4.22. The third kappa shape index (κ3) is 2.44. The summed E-state index contributed by atoms with van der Waals surface area (Å²) in [6.45, 7) is 4.54. The summed E-state index contributed by atoms with van der Waals surface area (Å²) in [5, 5.41) is 10.4. The minimum Gasteiger partial charge on any atom is -0.390 e. The second-order valence-electron chi connectivity index (χ2n) is 6.84. The highest BCUT2D eigenvalue weighted by Gasteiger charge is 2.65. The van der Waals surface area contributed by atoms with Crippen molar-refractivity contribution in [2.75, 3.05) is 18.9 Å². The number of ether oxygens (including phenoxy) is 3. The average Bonchev–Trinajstić information content (AvgIpc) is 3.25. The van der Waals surface area contributed by atoms with Gasteiger partial charge in [0.2, 0.25) is 5.95 Å². The van der Waals surface area contributed by atoms with E-state index in [1.165, 1.54) is 6.33 Å². The lowest BCUT2D eigenvalue weighted by molar-refractivity contribution is -0.206. The number of aliphatic hydroxyl groups is 1. The zero-order chi connectivity index (χ0) is 18.5. The molecule has 142 valence electrons. The molecule has 2 saturated heterocycles. The minimum absolute atomic E-state index is 0.00527. The van der Waals surface area contributed by atoms with Crippen LogP contribution in [0.3, 0.4) is 0 Å². The molecule has 0 saturated carbocycles. The van der Waals surface area contributed by atoms with Crippen molar-refractivity contribution in [2.24, 2.45) is 0 Å². The standard InChI is InChI=1S/C16H23N5O5/c1-3-4-5-24-11-10-14(26-16(11,6-25-10)8(2)22)21-7-18-9-12(21)19-15(17)20-13(9)23/h7-8,10-11,14,22H,3-6H2,1-2H3,(H3,17,19,20,23)/t8?,10-,11+,14-,16-/m1/s1. The maximum Gasteiger partial charge on any atom is 0.280 e. The van der Waals surface area contributed by atoms with Crippen molar-refractivity contribution in [1.82, 2.24) is 19.5 Å². The average molecular weight is 365 g/mol. The van der Waals surface area contributed by atoms with Crippen molar-refractivity contribution in [3.05, 3.63) is 16.7 Å². The lowest BCUT2D eigenvalue weighted by Gasteiger charge is -2.34. The van der Waals surface area contributed by atoms with Crippen LogP contribution in [0.25, 0.3) is 11.2 Å². The zero-order valence-corrected chi connectivity index (χ0v) is 14.7. The number of unbranched alkanes of at least 4 members (excludes halogenated alkanes) is 1. The lowest BCUT2D eigenvalue weighted by atomic mass is 9.93. The van der Waals surface area contributed by atoms with Gasteiger partial charge in [-0.05, 0) is 13.3 Å². The number of rotatable bonds is 6. The molecule has 0 amide bonds. The van der Waals surface area contributed by atoms with E-state index in [1.807, 2.05) is 0 Å². The van der Waals surface area contributed by atoms with E-state index in [0.29, 0.717) is 12.3 Å². The molecule has 10 nitrogen and oxygen atoms in total. The molecule has 2 fully saturated rings. The Morgan fingerprint density at radius 2 is 2.42 bits per heavy atom. The van der Waals surface area contributed by atoms with E-state index in [2.05, 4.69) is 21.9 Å². The van der Waals surface area contributed by atoms with Crippen molar-refractivity contribution in [1.29, 1.82) is 0 Å². The first-order chi connectivity index (χ1) is 12.5. The van der Waals surface area contributed by atoms with Gasteiger partial charge in [0.05, 0.1) is 19.0 Å². The first kappa shape index (κ1) is 17.4. The highest BCUT2D eigenvalue weighted by Crippen LogP contribution is 2.48. The van der Waals surface area contributed by atoms with Crippen LogP contribution in [-0.2, 0) is 14.2 Å². The number of nitrogens with two attached hydrogens (primary N) is 1. The van der Waals surface area contributed by atoms with E-state index < -0.39 is 35.7 Å². The van der Waals surface area contributed by atoms with E-state index in [9.17, 15) is 9.90 Å². The number of anilines is 1. The summed E-state index contributed by atoms with van der Waals surface area (Å²) in [4.78, 5) is 22.7. The van der Waals surface area contributed by atoms with Crippen LogP contribution in [0.1, 0.15) is 32.9 Å². The minimum atomic E-state index is -0.966. The van der Waals surface area contributed by atoms with Crippen LogP contribution in [0, 0.1) is 0 Å². The number of aromatic amines is 1. The Labute approximate surface area is 149 Å². The third-order valence-corrected chi connectivity index (χ3v) is 5.13. The predicted molar refractivity (Wildman–Crippen MR) is 91.5 cm³/mol. The number of fused-ring (bicyclic) bond motifs is 3. The van der Waals surface area contributed by atoms with Crippen molar-refractivity contribution in [3.63, 3.8) is 0 Å². The second kappa shape index (κ2) is 6.31. The topological polar surface area (TPSA) is 138 Å². The number of aliphatic hydroxyl groups excluding tert-OH is 1. The number of hydrogen-bond acceptors (Lipinski definition) is 8. The largest absolute Gasteiger partial charge is 0.390 e. The Balaban J connectivity index is 1.72. The maximum atomic E-state index is 12.0. The molecule has 0 radical (unpaired) electrons. The Hall–Kier alpha value is -2.01. The molecule has 2 bridgehead atoms. The fourth-order valence-corrected chi connectivity index (χ4v) is 3.69. The van der Waals surface area contributed by atoms with Gasteiger partial charge >= 0.3 is 0 Å². The summed E-state index contributed by atoms with van der Waals surface area (Å²) >= 11 is 0. The van der Waals surface area contributed by atoms with Crippen LogP contribution in [0.5, 0.6) is 0 Å². The highest BCUT2D eigenvalue weighted by atomic mass is 16.7. The molecule has 4 rings (SSSR count). The molecule has 4 N–H and O–H groups in total. The molecule has 2 aromatic rings. The molecule has 5 atom stereocenters. The Bertz CT molecular complexity index is 864. The predicted octanol–water partition coefficient (Wildman–Crippen LogP) is -0.0657. The summed E-state index contributed by atoms with van der Waals surface area (Å²) in [6, 6.07) is 0. The summed E-state index contributed by atoms with van der Waals surface area (Å²) in [7, 11) is 0. The normalized spacial score (nSPS) is 31.7. The summed E-state index contributed by atoms with van der Waals surface area (Å²) < 4.78 is 19.8. The SMILES string of the molecule is CCCCO[C@H]1[C@H]2OC[C@]1(C(C)O)O[C@H]2n1cnc2c(=O)[nH]c(N)nc21. The van der Waals surface area contributed by atoms with Gasteiger partial charge in [-0.15, -0.1) is 0 Å². The fourth-order valence-electron chi connectivity index (χ4n) is 3.69. The number of aromatic nitrogens is 4. The smallest absolute Gasteiger partial charge is 0.280 e. The van der Waals surface area contributed by atoms with Gasteiger partial charge in [-0.1, -0.05) is 13.3 Å². The summed E-state index contributed by atoms with van der Waals surface area (Å²) in [5.74, 6) is -0.00527. The first-order valence-electron chi connectivity index (χ1n) is 8.79. The van der Waals surface area contributed by atoms with Crippen molar-refractivity contribution in [3.8, 4) is 0 Å². The van der Waals surface area contributed by atoms with Crippen LogP contribution in [0.15, 0.2) is 11.1 Å². The summed E-state index contributed by atoms with van der Waals surface area (Å²) in [5.41, 5.74) is 4.75. The fraction of sp³-hybridized carbons (Fsp3) is 0.688. The van der Waals surface area contributed by atoms with Crippen molar-refractivity contribution < 1.29 is 19.3 Å². The molecular weight excluding hydrogens is 342 g/mol. The van der Waals surface area contributed by atoms with Gasteiger partial charge < -0.3 is 25.1 Å². The molecule has 4 heterocycles. The van der Waals surface area contributed by atoms with E-state index >= 15 is 0 Å². The first-order valence-corrected chi connectivity index (χ1v) is 8.79. The van der Waals surface area contributed by atoms with Gasteiger partial charge in [-0.2, -0.15) is 4.98 Å². The van der Waals surface area contributed by atoms with E-state index in [0.717, 1.165) is 12.8 Å². The second-order valence-corrected chi connectivity index (χ2v) is 6.84. The quantitative estimate of drug-likeness (QED) is 0.605. The van der Waals surface area contributed by atoms with Gasteiger partial charge in [0.15, 0.2) is 17.4 Å².